The van der Waals surface area contributed by atoms with E-state index < -0.39 is 28.3 Å². The van der Waals surface area contributed by atoms with Gasteiger partial charge in [-0.15, -0.1) is 0 Å². The molecule has 0 radical (unpaired) electrons. The van der Waals surface area contributed by atoms with Crippen molar-refractivity contribution in [1.29, 1.82) is 0 Å². The van der Waals surface area contributed by atoms with E-state index in [-0.39, 0.29) is 18.9 Å². The van der Waals surface area contributed by atoms with Crippen molar-refractivity contribution >= 4 is 27.8 Å². The smallest absolute Gasteiger partial charge is 0.415 e. The van der Waals surface area contributed by atoms with Gasteiger partial charge in [-0.05, 0) is 31.2 Å². The molecule has 3 rings (SSSR count). The molecule has 1 heterocycles. The van der Waals surface area contributed by atoms with E-state index in [0.717, 1.165) is 11.8 Å². The Morgan fingerprint density at radius 3 is 2.45 bits per heavy atom. The number of hydrogen-bond acceptors (Lipinski definition) is 7. The molecule has 9 nitrogen and oxygen atoms in total. The summed E-state index contributed by atoms with van der Waals surface area (Å²) in [6, 6.07) is 12.1. The Labute approximate surface area is 168 Å². The third-order valence-corrected chi connectivity index (χ3v) is 5.00. The van der Waals surface area contributed by atoms with E-state index in [2.05, 4.69) is 0 Å². The molecule has 0 bridgehead atoms. The number of para-hydroxylation sites is 2. The number of rotatable bonds is 4. The second-order valence-electron chi connectivity index (χ2n) is 6.39. The van der Waals surface area contributed by atoms with E-state index in [1.54, 1.807) is 36.4 Å². The number of fused-ring (bicyclic) bond motifs is 1. The monoisotopic (exact) mass is 420 g/mol. The summed E-state index contributed by atoms with van der Waals surface area (Å²) in [5, 5.41) is 1.91. The molecule has 2 aromatic rings. The van der Waals surface area contributed by atoms with Gasteiger partial charge >= 0.3 is 12.1 Å². The lowest BCUT2D eigenvalue weighted by Gasteiger charge is -2.26. The van der Waals surface area contributed by atoms with Crippen LogP contribution in [0, 0.1) is 6.92 Å². The third kappa shape index (κ3) is 5.17. The summed E-state index contributed by atoms with van der Waals surface area (Å²) < 4.78 is 40.7. The number of benzene rings is 2. The normalized spacial score (nSPS) is 15.3. The molecule has 1 atom stereocenters. The van der Waals surface area contributed by atoms with Crippen LogP contribution in [-0.4, -0.2) is 46.1 Å². The molecule has 29 heavy (non-hydrogen) atoms. The number of aryl methyl sites for hydroxylation is 1. The van der Waals surface area contributed by atoms with Gasteiger partial charge in [0.1, 0.15) is 13.2 Å². The molecule has 0 saturated carbocycles. The zero-order valence-electron chi connectivity index (χ0n) is 15.8. The molecule has 3 amide bonds. The fourth-order valence-corrected chi connectivity index (χ4v) is 3.48. The van der Waals surface area contributed by atoms with Crippen LogP contribution in [0.3, 0.4) is 0 Å². The summed E-state index contributed by atoms with van der Waals surface area (Å²) in [5.74, 6) is 1.11. The molecule has 1 N–H and O–H groups in total. The minimum Gasteiger partial charge on any atom is -0.486 e. The van der Waals surface area contributed by atoms with Crippen LogP contribution in [0.15, 0.2) is 48.5 Å². The summed E-state index contributed by atoms with van der Waals surface area (Å²) in [6.07, 6.45) is -0.797. The number of carbonyl (C=O) groups is 2. The van der Waals surface area contributed by atoms with Crippen LogP contribution >= 0.6 is 0 Å². The van der Waals surface area contributed by atoms with E-state index in [9.17, 15) is 18.0 Å². The summed E-state index contributed by atoms with van der Waals surface area (Å²) in [7, 11) is -3.98. The van der Waals surface area contributed by atoms with Crippen molar-refractivity contribution in [2.75, 3.05) is 23.8 Å². The first-order chi connectivity index (χ1) is 13.7. The van der Waals surface area contributed by atoms with Gasteiger partial charge in [0.2, 0.25) is 10.0 Å². The zero-order valence-corrected chi connectivity index (χ0v) is 16.6. The van der Waals surface area contributed by atoms with E-state index >= 15 is 0 Å². The molecule has 1 aliphatic rings. The van der Waals surface area contributed by atoms with E-state index in [4.69, 9.17) is 14.2 Å². The topological polar surface area (TPSA) is 111 Å². The predicted molar refractivity (Wildman–Crippen MR) is 105 cm³/mol. The van der Waals surface area contributed by atoms with Gasteiger partial charge in [0.25, 0.3) is 0 Å². The second-order valence-corrected chi connectivity index (χ2v) is 8.22. The van der Waals surface area contributed by atoms with Crippen LogP contribution in [0.25, 0.3) is 0 Å². The molecular formula is C19H20N2O7S. The third-order valence-electron chi connectivity index (χ3n) is 3.96. The van der Waals surface area contributed by atoms with Crippen LogP contribution in [-0.2, 0) is 14.8 Å². The number of imide groups is 1. The minimum absolute atomic E-state index is 0.101. The Balaban J connectivity index is 1.59. The Bertz CT molecular complexity index is 1010. The minimum atomic E-state index is -3.98. The van der Waals surface area contributed by atoms with Gasteiger partial charge in [0.15, 0.2) is 17.6 Å². The van der Waals surface area contributed by atoms with E-state index in [1.807, 2.05) is 12.2 Å². The average molecular weight is 420 g/mol. The lowest BCUT2D eigenvalue weighted by atomic mass is 10.2. The van der Waals surface area contributed by atoms with Gasteiger partial charge in [-0.2, -0.15) is 4.31 Å². The van der Waals surface area contributed by atoms with Gasteiger partial charge in [0.05, 0.1) is 11.9 Å². The maximum Gasteiger partial charge on any atom is 0.415 e. The van der Waals surface area contributed by atoms with Crippen LogP contribution in [0.5, 0.6) is 11.5 Å². The molecule has 0 aliphatic carbocycles. The first kappa shape index (κ1) is 20.5. The van der Waals surface area contributed by atoms with Crippen molar-refractivity contribution in [1.82, 2.24) is 5.32 Å². The highest BCUT2D eigenvalue weighted by atomic mass is 32.2. The van der Waals surface area contributed by atoms with Crippen LogP contribution in [0.4, 0.5) is 15.3 Å². The molecule has 0 fully saturated rings. The van der Waals surface area contributed by atoms with Crippen LogP contribution < -0.4 is 19.1 Å². The Morgan fingerprint density at radius 2 is 1.79 bits per heavy atom. The molecule has 0 saturated heterocycles. The van der Waals surface area contributed by atoms with Crippen molar-refractivity contribution in [2.24, 2.45) is 0 Å². The predicted octanol–water partition coefficient (Wildman–Crippen LogP) is 2.45. The molecule has 0 spiro atoms. The second kappa shape index (κ2) is 8.39. The highest BCUT2D eigenvalue weighted by Crippen LogP contribution is 2.30. The maximum absolute atomic E-state index is 12.4. The number of anilines is 1. The van der Waals surface area contributed by atoms with Crippen LogP contribution in [0.1, 0.15) is 5.56 Å². The number of ether oxygens (including phenoxy) is 3. The average Bonchev–Trinajstić information content (AvgIpc) is 2.67. The standard InChI is InChI=1S/C19H20N2O7S/c1-13-7-9-14(10-8-13)21(29(2,24)25)18(22)20-19(23)27-12-15-11-26-16-5-3-4-6-17(16)28-15/h3-10,15H,11-12H2,1-2H3,(H,20,22,23)/t15-/m0/s1. The van der Waals surface area contributed by atoms with Crippen molar-refractivity contribution < 1.29 is 32.2 Å². The molecule has 1 aliphatic heterocycles. The number of amides is 3. The molecule has 0 aromatic heterocycles. The number of urea groups is 1. The quantitative estimate of drug-likeness (QED) is 0.809. The molecular weight excluding hydrogens is 400 g/mol. The van der Waals surface area contributed by atoms with Gasteiger partial charge in [-0.3, -0.25) is 0 Å². The highest BCUT2D eigenvalue weighted by molar-refractivity contribution is 7.92. The Morgan fingerprint density at radius 1 is 1.14 bits per heavy atom. The summed E-state index contributed by atoms with van der Waals surface area (Å²) in [4.78, 5) is 24.4. The van der Waals surface area contributed by atoms with Crippen molar-refractivity contribution in [3.63, 3.8) is 0 Å². The Hall–Kier alpha value is -3.27. The van der Waals surface area contributed by atoms with Crippen molar-refractivity contribution in [2.45, 2.75) is 13.0 Å². The molecule has 2 aromatic carbocycles. The lowest BCUT2D eigenvalue weighted by Crippen LogP contribution is -2.46. The van der Waals surface area contributed by atoms with Gasteiger partial charge in [-0.1, -0.05) is 29.8 Å². The fraction of sp³-hybridized carbons (Fsp3) is 0.263. The number of nitrogens with one attached hydrogen (secondary N) is 1. The van der Waals surface area contributed by atoms with Gasteiger partial charge in [-0.25, -0.2) is 23.3 Å². The summed E-state index contributed by atoms with van der Waals surface area (Å²) >= 11 is 0. The lowest BCUT2D eigenvalue weighted by molar-refractivity contribution is 0.0343. The van der Waals surface area contributed by atoms with Crippen molar-refractivity contribution in [3.05, 3.63) is 54.1 Å². The van der Waals surface area contributed by atoms with Gasteiger partial charge < -0.3 is 14.2 Å². The number of alkyl carbamates (subject to hydrolysis) is 1. The Kier molecular flexibility index (Phi) is 5.92. The number of nitrogens with zero attached hydrogens (tertiary/aromatic N) is 1. The number of sulfonamides is 1. The molecule has 0 unspecified atom stereocenters. The number of carbonyl (C=O) groups excluding carboxylic acids is 2. The van der Waals surface area contributed by atoms with Crippen LogP contribution in [0.2, 0.25) is 0 Å². The largest absolute Gasteiger partial charge is 0.486 e. The summed E-state index contributed by atoms with van der Waals surface area (Å²) in [6.45, 7) is 1.80. The van der Waals surface area contributed by atoms with E-state index in [1.165, 1.54) is 12.1 Å². The summed E-state index contributed by atoms with van der Waals surface area (Å²) in [5.41, 5.74) is 0.988. The maximum atomic E-state index is 12.4. The molecule has 10 heteroatoms. The number of hydrogen-bond donors (Lipinski definition) is 1. The SMILES string of the molecule is Cc1ccc(N(C(=O)NC(=O)OC[C@@H]2COc3ccccc3O2)S(C)(=O)=O)cc1. The first-order valence-corrected chi connectivity index (χ1v) is 10.5. The molecule has 154 valence electrons. The van der Waals surface area contributed by atoms with E-state index in [0.29, 0.717) is 15.8 Å². The highest BCUT2D eigenvalue weighted by Gasteiger charge is 2.28. The van der Waals surface area contributed by atoms with Crippen molar-refractivity contribution in [3.8, 4) is 11.5 Å². The van der Waals surface area contributed by atoms with Gasteiger partial charge in [0, 0.05) is 0 Å². The fourth-order valence-electron chi connectivity index (χ4n) is 2.63. The zero-order chi connectivity index (χ0) is 21.0. The first-order valence-electron chi connectivity index (χ1n) is 8.67.